The molecule has 1 aromatic rings. The Balaban J connectivity index is 1.85. The number of hydrogen-bond acceptors (Lipinski definition) is 2. The fraction of sp³-hybridized carbons (Fsp3) is 0.429. The van der Waals surface area contributed by atoms with Crippen LogP contribution in [0.5, 0.6) is 0 Å². The first-order chi connectivity index (χ1) is 9.06. The van der Waals surface area contributed by atoms with Gasteiger partial charge in [0.15, 0.2) is 0 Å². The Labute approximate surface area is 111 Å². The van der Waals surface area contributed by atoms with E-state index in [4.69, 9.17) is 0 Å². The molecular formula is C14H17FN2O2. The van der Waals surface area contributed by atoms with Gasteiger partial charge in [-0.2, -0.15) is 0 Å². The van der Waals surface area contributed by atoms with Gasteiger partial charge in [-0.15, -0.1) is 0 Å². The highest BCUT2D eigenvalue weighted by molar-refractivity contribution is 5.94. The summed E-state index contributed by atoms with van der Waals surface area (Å²) in [5.41, 5.74) is 0.398. The number of hydrogen-bond donors (Lipinski definition) is 1. The van der Waals surface area contributed by atoms with Crippen LogP contribution in [-0.2, 0) is 9.59 Å². The molecule has 0 spiro atoms. The molecule has 1 saturated carbocycles. The lowest BCUT2D eigenvalue weighted by molar-refractivity contribution is -0.139. The van der Waals surface area contributed by atoms with Crippen molar-refractivity contribution in [1.82, 2.24) is 4.90 Å². The van der Waals surface area contributed by atoms with Crippen LogP contribution >= 0.6 is 0 Å². The van der Waals surface area contributed by atoms with E-state index in [0.717, 1.165) is 19.3 Å². The maximum atomic E-state index is 13.0. The lowest BCUT2D eigenvalue weighted by Gasteiger charge is -2.28. The van der Waals surface area contributed by atoms with Crippen molar-refractivity contribution < 1.29 is 14.0 Å². The van der Waals surface area contributed by atoms with Crippen LogP contribution in [0.4, 0.5) is 10.1 Å². The van der Waals surface area contributed by atoms with Crippen molar-refractivity contribution in [1.29, 1.82) is 0 Å². The Hall–Kier alpha value is -1.91. The van der Waals surface area contributed by atoms with Gasteiger partial charge in [0.1, 0.15) is 5.82 Å². The molecule has 0 aromatic heterocycles. The minimum atomic E-state index is -0.406. The summed E-state index contributed by atoms with van der Waals surface area (Å²) in [4.78, 5) is 25.0. The highest BCUT2D eigenvalue weighted by atomic mass is 19.1. The SMILES string of the molecule is CN(CC(=O)Nc1cccc(F)c1)C(=O)C1CCC1. The molecule has 5 heteroatoms. The van der Waals surface area contributed by atoms with E-state index < -0.39 is 5.82 Å². The van der Waals surface area contributed by atoms with Gasteiger partial charge in [-0.3, -0.25) is 9.59 Å². The van der Waals surface area contributed by atoms with Crippen molar-refractivity contribution in [3.63, 3.8) is 0 Å². The molecule has 1 N–H and O–H groups in total. The Kier molecular flexibility index (Phi) is 4.14. The zero-order valence-corrected chi connectivity index (χ0v) is 10.9. The monoisotopic (exact) mass is 264 g/mol. The molecule has 4 nitrogen and oxygen atoms in total. The van der Waals surface area contributed by atoms with E-state index in [1.165, 1.54) is 23.1 Å². The first-order valence-corrected chi connectivity index (χ1v) is 6.36. The lowest BCUT2D eigenvalue weighted by Crippen LogP contribution is -2.40. The van der Waals surface area contributed by atoms with Gasteiger partial charge in [0, 0.05) is 18.7 Å². The highest BCUT2D eigenvalue weighted by Gasteiger charge is 2.28. The third kappa shape index (κ3) is 3.53. The van der Waals surface area contributed by atoms with Crippen molar-refractivity contribution in [2.24, 2.45) is 5.92 Å². The Bertz CT molecular complexity index is 486. The van der Waals surface area contributed by atoms with Crippen LogP contribution in [0.1, 0.15) is 19.3 Å². The largest absolute Gasteiger partial charge is 0.336 e. The number of nitrogens with one attached hydrogen (secondary N) is 1. The van der Waals surface area contributed by atoms with Gasteiger partial charge in [-0.05, 0) is 31.0 Å². The van der Waals surface area contributed by atoms with E-state index in [-0.39, 0.29) is 24.3 Å². The molecule has 0 bridgehead atoms. The maximum absolute atomic E-state index is 13.0. The van der Waals surface area contributed by atoms with E-state index in [1.807, 2.05) is 0 Å². The van der Waals surface area contributed by atoms with Gasteiger partial charge in [0.25, 0.3) is 0 Å². The van der Waals surface area contributed by atoms with Crippen LogP contribution in [0, 0.1) is 11.7 Å². The molecule has 1 aliphatic carbocycles. The van der Waals surface area contributed by atoms with Crippen LogP contribution in [0.2, 0.25) is 0 Å². The summed E-state index contributed by atoms with van der Waals surface area (Å²) in [5, 5.41) is 2.57. The van der Waals surface area contributed by atoms with Crippen LogP contribution in [-0.4, -0.2) is 30.3 Å². The Morgan fingerprint density at radius 3 is 2.74 bits per heavy atom. The van der Waals surface area contributed by atoms with E-state index in [0.29, 0.717) is 5.69 Å². The number of benzene rings is 1. The Morgan fingerprint density at radius 2 is 2.16 bits per heavy atom. The maximum Gasteiger partial charge on any atom is 0.243 e. The quantitative estimate of drug-likeness (QED) is 0.904. The molecule has 1 fully saturated rings. The van der Waals surface area contributed by atoms with Crippen LogP contribution in [0.3, 0.4) is 0 Å². The fourth-order valence-corrected chi connectivity index (χ4v) is 2.03. The van der Waals surface area contributed by atoms with E-state index >= 15 is 0 Å². The molecule has 19 heavy (non-hydrogen) atoms. The summed E-state index contributed by atoms with van der Waals surface area (Å²) in [7, 11) is 1.62. The van der Waals surface area contributed by atoms with Crippen LogP contribution in [0.25, 0.3) is 0 Å². The van der Waals surface area contributed by atoms with Gasteiger partial charge in [0.05, 0.1) is 6.54 Å². The predicted octanol–water partition coefficient (Wildman–Crippen LogP) is 2.02. The zero-order chi connectivity index (χ0) is 13.8. The topological polar surface area (TPSA) is 49.4 Å². The molecule has 0 atom stereocenters. The molecule has 2 rings (SSSR count). The molecule has 0 unspecified atom stereocenters. The molecular weight excluding hydrogens is 247 g/mol. The first kappa shape index (κ1) is 13.5. The molecule has 1 aromatic carbocycles. The number of halogens is 1. The van der Waals surface area contributed by atoms with Crippen molar-refractivity contribution in [2.45, 2.75) is 19.3 Å². The summed E-state index contributed by atoms with van der Waals surface area (Å²) in [6, 6.07) is 5.68. The first-order valence-electron chi connectivity index (χ1n) is 6.36. The summed E-state index contributed by atoms with van der Waals surface area (Å²) < 4.78 is 13.0. The number of anilines is 1. The number of likely N-dealkylation sites (N-methyl/N-ethyl adjacent to an activating group) is 1. The third-order valence-electron chi connectivity index (χ3n) is 3.32. The Morgan fingerprint density at radius 1 is 1.42 bits per heavy atom. The zero-order valence-electron chi connectivity index (χ0n) is 10.9. The van der Waals surface area contributed by atoms with Gasteiger partial charge >= 0.3 is 0 Å². The number of rotatable bonds is 4. The normalized spacial score (nSPS) is 14.6. The van der Waals surface area contributed by atoms with E-state index in [2.05, 4.69) is 5.32 Å². The molecule has 1 aliphatic rings. The van der Waals surface area contributed by atoms with Gasteiger partial charge in [-0.25, -0.2) is 4.39 Å². The second-order valence-corrected chi connectivity index (χ2v) is 4.88. The van der Waals surface area contributed by atoms with Crippen LogP contribution in [0.15, 0.2) is 24.3 Å². The molecule has 0 radical (unpaired) electrons. The number of nitrogens with zero attached hydrogens (tertiary/aromatic N) is 1. The van der Waals surface area contributed by atoms with Gasteiger partial charge < -0.3 is 10.2 Å². The minimum absolute atomic E-state index is 0.00809. The van der Waals surface area contributed by atoms with Gasteiger partial charge in [-0.1, -0.05) is 12.5 Å². The summed E-state index contributed by atoms with van der Waals surface area (Å²) >= 11 is 0. The average Bonchev–Trinajstić information content (AvgIpc) is 2.26. The third-order valence-corrected chi connectivity index (χ3v) is 3.32. The van der Waals surface area contributed by atoms with Gasteiger partial charge in [0.2, 0.25) is 11.8 Å². The second-order valence-electron chi connectivity index (χ2n) is 4.88. The number of carbonyl (C=O) groups is 2. The summed E-state index contributed by atoms with van der Waals surface area (Å²) in [6.07, 6.45) is 2.91. The average molecular weight is 264 g/mol. The van der Waals surface area contributed by atoms with Crippen molar-refractivity contribution >= 4 is 17.5 Å². The van der Waals surface area contributed by atoms with E-state index in [1.54, 1.807) is 13.1 Å². The minimum Gasteiger partial charge on any atom is -0.336 e. The van der Waals surface area contributed by atoms with E-state index in [9.17, 15) is 14.0 Å². The standard InChI is InChI=1S/C14H17FN2O2/c1-17(14(19)10-4-2-5-10)9-13(18)16-12-7-3-6-11(15)8-12/h3,6-8,10H,2,4-5,9H2,1H3,(H,16,18). The molecule has 102 valence electrons. The lowest BCUT2D eigenvalue weighted by atomic mass is 9.84. The van der Waals surface area contributed by atoms with Crippen molar-refractivity contribution in [2.75, 3.05) is 18.9 Å². The molecule has 0 aliphatic heterocycles. The summed E-state index contributed by atoms with van der Waals surface area (Å²) in [6.45, 7) is -0.00809. The van der Waals surface area contributed by atoms with Crippen LogP contribution < -0.4 is 5.32 Å². The number of amides is 2. The molecule has 0 saturated heterocycles. The molecule has 2 amide bonds. The van der Waals surface area contributed by atoms with Crippen molar-refractivity contribution in [3.05, 3.63) is 30.1 Å². The predicted molar refractivity (Wildman–Crippen MR) is 70.0 cm³/mol. The smallest absolute Gasteiger partial charge is 0.243 e. The second kappa shape index (κ2) is 5.82. The number of carbonyl (C=O) groups excluding carboxylic acids is 2. The highest BCUT2D eigenvalue weighted by Crippen LogP contribution is 2.27. The summed E-state index contributed by atoms with van der Waals surface area (Å²) in [5.74, 6) is -0.634. The van der Waals surface area contributed by atoms with Crippen molar-refractivity contribution in [3.8, 4) is 0 Å². The fourth-order valence-electron chi connectivity index (χ4n) is 2.03. The molecule has 0 heterocycles.